The number of piperidine rings is 1. The number of nitrogens with zero attached hydrogens (tertiary/aromatic N) is 1. The van der Waals surface area contributed by atoms with Crippen LogP contribution in [0.15, 0.2) is 18.2 Å². The molecule has 2 heterocycles. The Hall–Kier alpha value is -1.71. The second-order valence-electron chi connectivity index (χ2n) is 5.75. The maximum Gasteiger partial charge on any atom is 0.319 e. The number of alkyl halides is 1. The molecule has 24 heavy (non-hydrogen) atoms. The summed E-state index contributed by atoms with van der Waals surface area (Å²) in [5.74, 6) is 1.50. The summed E-state index contributed by atoms with van der Waals surface area (Å²) in [4.78, 5) is 25.6. The van der Waals surface area contributed by atoms with Crippen LogP contribution in [0.4, 0.5) is 10.5 Å². The van der Waals surface area contributed by atoms with Gasteiger partial charge in [0.05, 0.1) is 4.43 Å². The number of carbonyl (C=O) groups is 2. The zero-order valence-corrected chi connectivity index (χ0v) is 15.4. The Morgan fingerprint density at radius 1 is 1.17 bits per heavy atom. The molecule has 130 valence electrons. The highest BCUT2D eigenvalue weighted by atomic mass is 127. The van der Waals surface area contributed by atoms with Crippen LogP contribution in [-0.2, 0) is 4.79 Å². The Morgan fingerprint density at radius 3 is 2.58 bits per heavy atom. The predicted octanol–water partition coefficient (Wildman–Crippen LogP) is 2.01. The van der Waals surface area contributed by atoms with Gasteiger partial charge in [-0.25, -0.2) is 4.79 Å². The second-order valence-corrected chi connectivity index (χ2v) is 6.51. The summed E-state index contributed by atoms with van der Waals surface area (Å²) in [5, 5.41) is 5.78. The summed E-state index contributed by atoms with van der Waals surface area (Å²) in [6, 6.07) is 5.17. The van der Waals surface area contributed by atoms with E-state index >= 15 is 0 Å². The minimum absolute atomic E-state index is 0.0838. The number of likely N-dealkylation sites (tertiary alicyclic amines) is 1. The van der Waals surface area contributed by atoms with E-state index in [-0.39, 0.29) is 18.0 Å². The van der Waals surface area contributed by atoms with Crippen LogP contribution >= 0.6 is 22.6 Å². The lowest BCUT2D eigenvalue weighted by Crippen LogP contribution is -2.47. The molecule has 3 amide bonds. The molecule has 0 saturated carbocycles. The van der Waals surface area contributed by atoms with E-state index in [1.54, 1.807) is 18.2 Å². The first-order valence-corrected chi connectivity index (χ1v) is 9.49. The van der Waals surface area contributed by atoms with Crippen molar-refractivity contribution in [2.24, 2.45) is 0 Å². The van der Waals surface area contributed by atoms with Crippen LogP contribution < -0.4 is 20.1 Å². The lowest BCUT2D eigenvalue weighted by Gasteiger charge is -2.32. The standard InChI is InChI=1S/C16H20IN3O4/c17-10-15(21)20-5-3-11(4-6-20)18-16(22)19-12-1-2-13-14(9-12)24-8-7-23-13/h1-2,9,11H,3-8,10H2,(H2,18,19,22). The lowest BCUT2D eigenvalue weighted by atomic mass is 10.1. The molecule has 0 aliphatic carbocycles. The van der Waals surface area contributed by atoms with Crippen LogP contribution in [0, 0.1) is 0 Å². The van der Waals surface area contributed by atoms with Gasteiger partial charge in [0.25, 0.3) is 0 Å². The monoisotopic (exact) mass is 445 g/mol. The minimum atomic E-state index is -0.245. The van der Waals surface area contributed by atoms with Gasteiger partial charge >= 0.3 is 6.03 Å². The summed E-state index contributed by atoms with van der Waals surface area (Å²) in [7, 11) is 0. The fraction of sp³-hybridized carbons (Fsp3) is 0.500. The van der Waals surface area contributed by atoms with E-state index in [9.17, 15) is 9.59 Å². The van der Waals surface area contributed by atoms with Gasteiger partial charge < -0.3 is 25.0 Å². The van der Waals surface area contributed by atoms with Gasteiger partial charge in [-0.2, -0.15) is 0 Å². The van der Waals surface area contributed by atoms with E-state index in [4.69, 9.17) is 9.47 Å². The van der Waals surface area contributed by atoms with E-state index in [0.717, 1.165) is 12.8 Å². The average Bonchev–Trinajstić information content (AvgIpc) is 2.61. The summed E-state index contributed by atoms with van der Waals surface area (Å²) >= 11 is 2.08. The SMILES string of the molecule is O=C(Nc1ccc2c(c1)OCCO2)NC1CCN(C(=O)CI)CC1. The predicted molar refractivity (Wildman–Crippen MR) is 98.1 cm³/mol. The minimum Gasteiger partial charge on any atom is -0.486 e. The Bertz CT molecular complexity index is 617. The molecule has 0 radical (unpaired) electrons. The van der Waals surface area contributed by atoms with Gasteiger partial charge in [0.15, 0.2) is 11.5 Å². The summed E-state index contributed by atoms with van der Waals surface area (Å²) < 4.78 is 11.5. The van der Waals surface area contributed by atoms with Crippen LogP contribution in [0.5, 0.6) is 11.5 Å². The Morgan fingerprint density at radius 2 is 1.88 bits per heavy atom. The Kier molecular flexibility index (Phi) is 5.64. The van der Waals surface area contributed by atoms with Gasteiger partial charge in [-0.05, 0) is 25.0 Å². The van der Waals surface area contributed by atoms with E-state index in [1.807, 2.05) is 4.90 Å². The van der Waals surface area contributed by atoms with Crippen LogP contribution in [0.1, 0.15) is 12.8 Å². The van der Waals surface area contributed by atoms with Gasteiger partial charge in [-0.3, -0.25) is 4.79 Å². The second kappa shape index (κ2) is 7.91. The van der Waals surface area contributed by atoms with Gasteiger partial charge in [0.1, 0.15) is 13.2 Å². The number of anilines is 1. The number of nitrogens with one attached hydrogen (secondary N) is 2. The largest absolute Gasteiger partial charge is 0.486 e. The van der Waals surface area contributed by atoms with E-state index in [0.29, 0.717) is 47.9 Å². The maximum absolute atomic E-state index is 12.1. The molecule has 0 spiro atoms. The molecule has 2 aliphatic heterocycles. The van der Waals surface area contributed by atoms with Crippen molar-refractivity contribution in [3.63, 3.8) is 0 Å². The van der Waals surface area contributed by atoms with E-state index < -0.39 is 0 Å². The van der Waals surface area contributed by atoms with Crippen molar-refractivity contribution in [1.29, 1.82) is 0 Å². The molecule has 1 aromatic carbocycles. The van der Waals surface area contributed by atoms with Gasteiger partial charge in [0.2, 0.25) is 5.91 Å². The first-order chi connectivity index (χ1) is 11.7. The molecule has 1 fully saturated rings. The zero-order chi connectivity index (χ0) is 16.9. The fourth-order valence-corrected chi connectivity index (χ4v) is 3.31. The summed E-state index contributed by atoms with van der Waals surface area (Å²) in [6.07, 6.45) is 1.55. The highest BCUT2D eigenvalue weighted by Crippen LogP contribution is 2.32. The van der Waals surface area contributed by atoms with Gasteiger partial charge in [0, 0.05) is 30.9 Å². The molecule has 7 nitrogen and oxygen atoms in total. The van der Waals surface area contributed by atoms with Crippen LogP contribution in [0.2, 0.25) is 0 Å². The van der Waals surface area contributed by atoms with E-state index in [2.05, 4.69) is 33.2 Å². The van der Waals surface area contributed by atoms with Crippen molar-refractivity contribution in [3.05, 3.63) is 18.2 Å². The maximum atomic E-state index is 12.1. The first-order valence-electron chi connectivity index (χ1n) is 7.96. The Labute approximate surface area is 154 Å². The van der Waals surface area contributed by atoms with Crippen LogP contribution in [-0.4, -0.2) is 53.6 Å². The quantitative estimate of drug-likeness (QED) is 0.551. The fourth-order valence-electron chi connectivity index (χ4n) is 2.83. The van der Waals surface area contributed by atoms with Gasteiger partial charge in [-0.15, -0.1) is 0 Å². The number of hydrogen-bond donors (Lipinski definition) is 2. The normalized spacial score (nSPS) is 17.3. The lowest BCUT2D eigenvalue weighted by molar-refractivity contribution is -0.129. The molecule has 0 unspecified atom stereocenters. The van der Waals surface area contributed by atoms with Crippen molar-refractivity contribution in [1.82, 2.24) is 10.2 Å². The number of benzene rings is 1. The Balaban J connectivity index is 1.49. The molecular weight excluding hydrogens is 425 g/mol. The summed E-state index contributed by atoms with van der Waals surface area (Å²) in [6.45, 7) is 2.43. The van der Waals surface area contributed by atoms with Gasteiger partial charge in [-0.1, -0.05) is 22.6 Å². The number of carbonyl (C=O) groups excluding carboxylic acids is 2. The van der Waals surface area contributed by atoms with Crippen molar-refractivity contribution in [2.45, 2.75) is 18.9 Å². The third-order valence-corrected chi connectivity index (χ3v) is 4.75. The highest BCUT2D eigenvalue weighted by Gasteiger charge is 2.23. The number of halogens is 1. The highest BCUT2D eigenvalue weighted by molar-refractivity contribution is 14.1. The third-order valence-electron chi connectivity index (χ3n) is 4.10. The number of hydrogen-bond acceptors (Lipinski definition) is 4. The summed E-state index contributed by atoms with van der Waals surface area (Å²) in [5.41, 5.74) is 0.661. The molecule has 0 bridgehead atoms. The smallest absolute Gasteiger partial charge is 0.319 e. The molecule has 3 rings (SSSR count). The molecule has 1 saturated heterocycles. The van der Waals surface area contributed by atoms with Crippen LogP contribution in [0.25, 0.3) is 0 Å². The molecule has 0 aromatic heterocycles. The number of amides is 3. The van der Waals surface area contributed by atoms with Crippen molar-refractivity contribution < 1.29 is 19.1 Å². The van der Waals surface area contributed by atoms with Crippen molar-refractivity contribution >= 4 is 40.2 Å². The van der Waals surface area contributed by atoms with E-state index in [1.165, 1.54) is 0 Å². The van der Waals surface area contributed by atoms with Crippen molar-refractivity contribution in [3.8, 4) is 11.5 Å². The molecule has 2 N–H and O–H groups in total. The molecule has 2 aliphatic rings. The molecule has 8 heteroatoms. The molecule has 1 aromatic rings. The number of rotatable bonds is 3. The van der Waals surface area contributed by atoms with Crippen molar-refractivity contribution in [2.75, 3.05) is 36.0 Å². The molecule has 0 atom stereocenters. The number of ether oxygens (including phenoxy) is 2. The third kappa shape index (κ3) is 4.22. The average molecular weight is 445 g/mol. The van der Waals surface area contributed by atoms with Crippen LogP contribution in [0.3, 0.4) is 0 Å². The molecular formula is C16H20IN3O4. The number of fused-ring (bicyclic) bond motifs is 1. The topological polar surface area (TPSA) is 79.9 Å². The first kappa shape index (κ1) is 17.1. The number of urea groups is 1. The zero-order valence-electron chi connectivity index (χ0n) is 13.2.